The first-order chi connectivity index (χ1) is 9.49. The summed E-state index contributed by atoms with van der Waals surface area (Å²) in [5.74, 6) is 0.533. The molecular formula is C17H25NO2. The van der Waals surface area contributed by atoms with E-state index in [4.69, 9.17) is 5.11 Å². The summed E-state index contributed by atoms with van der Waals surface area (Å²) in [4.78, 5) is 11.0. The molecule has 0 saturated heterocycles. The minimum absolute atomic E-state index is 0.358. The Morgan fingerprint density at radius 3 is 2.60 bits per heavy atom. The van der Waals surface area contributed by atoms with Crippen molar-refractivity contribution in [2.24, 2.45) is 11.8 Å². The highest BCUT2D eigenvalue weighted by Crippen LogP contribution is 2.33. The topological polar surface area (TPSA) is 49.3 Å². The first kappa shape index (κ1) is 14.9. The second-order valence-corrected chi connectivity index (χ2v) is 6.28. The zero-order valence-electron chi connectivity index (χ0n) is 12.6. The fourth-order valence-corrected chi connectivity index (χ4v) is 3.30. The molecular weight excluding hydrogens is 250 g/mol. The quantitative estimate of drug-likeness (QED) is 0.860. The molecule has 0 aromatic heterocycles. The SMILES string of the molecule is Cc1cc(C(=O)O)ccc1NC1CCCCC1C(C)C. The maximum absolute atomic E-state index is 11.0. The van der Waals surface area contributed by atoms with Crippen molar-refractivity contribution in [3.05, 3.63) is 29.3 Å². The van der Waals surface area contributed by atoms with Gasteiger partial charge in [-0.3, -0.25) is 0 Å². The molecule has 1 fully saturated rings. The Labute approximate surface area is 121 Å². The molecule has 0 radical (unpaired) electrons. The Hall–Kier alpha value is -1.51. The summed E-state index contributed by atoms with van der Waals surface area (Å²) in [6, 6.07) is 5.85. The van der Waals surface area contributed by atoms with Crippen LogP contribution in [0.4, 0.5) is 5.69 Å². The monoisotopic (exact) mass is 275 g/mol. The Bertz CT molecular complexity index is 482. The summed E-state index contributed by atoms with van der Waals surface area (Å²) in [6.45, 7) is 6.57. The number of rotatable bonds is 4. The Morgan fingerprint density at radius 1 is 1.30 bits per heavy atom. The fourth-order valence-electron chi connectivity index (χ4n) is 3.30. The maximum atomic E-state index is 11.0. The van der Waals surface area contributed by atoms with Crippen LogP contribution in [0.1, 0.15) is 55.5 Å². The first-order valence-electron chi connectivity index (χ1n) is 7.59. The lowest BCUT2D eigenvalue weighted by Gasteiger charge is -2.36. The van der Waals surface area contributed by atoms with Crippen LogP contribution in [0, 0.1) is 18.8 Å². The van der Waals surface area contributed by atoms with E-state index in [1.54, 1.807) is 12.1 Å². The van der Waals surface area contributed by atoms with Gasteiger partial charge in [0.05, 0.1) is 5.56 Å². The molecule has 0 spiro atoms. The molecule has 1 saturated carbocycles. The van der Waals surface area contributed by atoms with Gasteiger partial charge < -0.3 is 10.4 Å². The molecule has 110 valence electrons. The van der Waals surface area contributed by atoms with Gasteiger partial charge in [0.2, 0.25) is 0 Å². The molecule has 3 nitrogen and oxygen atoms in total. The van der Waals surface area contributed by atoms with E-state index in [0.717, 1.165) is 11.3 Å². The van der Waals surface area contributed by atoms with E-state index < -0.39 is 5.97 Å². The number of nitrogens with one attached hydrogen (secondary N) is 1. The van der Waals surface area contributed by atoms with Crippen LogP contribution in [-0.4, -0.2) is 17.1 Å². The molecule has 1 aliphatic carbocycles. The summed E-state index contributed by atoms with van der Waals surface area (Å²) in [7, 11) is 0. The standard InChI is InChI=1S/C17H25NO2/c1-11(2)14-6-4-5-7-16(14)18-15-9-8-13(17(19)20)10-12(15)3/h8-11,14,16,18H,4-7H2,1-3H3,(H,19,20). The molecule has 2 N–H and O–H groups in total. The van der Waals surface area contributed by atoms with E-state index in [0.29, 0.717) is 23.4 Å². The van der Waals surface area contributed by atoms with Crippen LogP contribution in [0.25, 0.3) is 0 Å². The third-order valence-electron chi connectivity index (χ3n) is 4.49. The van der Waals surface area contributed by atoms with Crippen LogP contribution in [0.15, 0.2) is 18.2 Å². The minimum Gasteiger partial charge on any atom is -0.478 e. The highest BCUT2D eigenvalue weighted by atomic mass is 16.4. The first-order valence-corrected chi connectivity index (χ1v) is 7.59. The Balaban J connectivity index is 2.14. The van der Waals surface area contributed by atoms with Crippen molar-refractivity contribution >= 4 is 11.7 Å². The zero-order chi connectivity index (χ0) is 14.7. The van der Waals surface area contributed by atoms with Crippen molar-refractivity contribution in [1.82, 2.24) is 0 Å². The lowest BCUT2D eigenvalue weighted by molar-refractivity contribution is 0.0697. The lowest BCUT2D eigenvalue weighted by atomic mass is 9.77. The van der Waals surface area contributed by atoms with Crippen LogP contribution < -0.4 is 5.32 Å². The molecule has 0 bridgehead atoms. The van der Waals surface area contributed by atoms with Crippen LogP contribution in [-0.2, 0) is 0 Å². The lowest BCUT2D eigenvalue weighted by Crippen LogP contribution is -2.35. The van der Waals surface area contributed by atoms with Gasteiger partial charge in [0.15, 0.2) is 0 Å². The van der Waals surface area contributed by atoms with Crippen molar-refractivity contribution in [2.75, 3.05) is 5.32 Å². The molecule has 2 atom stereocenters. The molecule has 0 aliphatic heterocycles. The number of anilines is 1. The second kappa shape index (κ2) is 6.29. The third kappa shape index (κ3) is 3.33. The average molecular weight is 275 g/mol. The summed E-state index contributed by atoms with van der Waals surface area (Å²) in [5, 5.41) is 12.7. The fraction of sp³-hybridized carbons (Fsp3) is 0.588. The molecule has 20 heavy (non-hydrogen) atoms. The number of carbonyl (C=O) groups is 1. The van der Waals surface area contributed by atoms with E-state index in [-0.39, 0.29) is 0 Å². The van der Waals surface area contributed by atoms with Gasteiger partial charge in [-0.05, 0) is 55.4 Å². The predicted molar refractivity (Wildman–Crippen MR) is 82.3 cm³/mol. The maximum Gasteiger partial charge on any atom is 0.335 e. The summed E-state index contributed by atoms with van der Waals surface area (Å²) >= 11 is 0. The second-order valence-electron chi connectivity index (χ2n) is 6.28. The smallest absolute Gasteiger partial charge is 0.335 e. The number of aromatic carboxylic acids is 1. The summed E-state index contributed by atoms with van der Waals surface area (Å²) in [6.07, 6.45) is 5.12. The van der Waals surface area contributed by atoms with Gasteiger partial charge in [0.1, 0.15) is 0 Å². The van der Waals surface area contributed by atoms with E-state index in [1.807, 2.05) is 13.0 Å². The molecule has 1 aromatic carbocycles. The summed E-state index contributed by atoms with van der Waals surface area (Å²) < 4.78 is 0. The van der Waals surface area contributed by atoms with Crippen molar-refractivity contribution in [1.29, 1.82) is 0 Å². The molecule has 2 rings (SSSR count). The van der Waals surface area contributed by atoms with Gasteiger partial charge in [-0.1, -0.05) is 26.7 Å². The molecule has 0 amide bonds. The van der Waals surface area contributed by atoms with Crippen molar-refractivity contribution < 1.29 is 9.90 Å². The molecule has 2 unspecified atom stereocenters. The Morgan fingerprint density at radius 2 is 2.00 bits per heavy atom. The number of aryl methyl sites for hydroxylation is 1. The molecule has 0 heterocycles. The van der Waals surface area contributed by atoms with Crippen molar-refractivity contribution in [3.63, 3.8) is 0 Å². The number of carboxylic acid groups (broad SMARTS) is 1. The highest BCUT2D eigenvalue weighted by Gasteiger charge is 2.27. The number of hydrogen-bond donors (Lipinski definition) is 2. The number of carboxylic acids is 1. The van der Waals surface area contributed by atoms with E-state index in [9.17, 15) is 4.79 Å². The van der Waals surface area contributed by atoms with Gasteiger partial charge in [-0.2, -0.15) is 0 Å². The normalized spacial score (nSPS) is 22.8. The third-order valence-corrected chi connectivity index (χ3v) is 4.49. The summed E-state index contributed by atoms with van der Waals surface area (Å²) in [5.41, 5.74) is 2.45. The highest BCUT2D eigenvalue weighted by molar-refractivity contribution is 5.88. The zero-order valence-corrected chi connectivity index (χ0v) is 12.6. The minimum atomic E-state index is -0.864. The van der Waals surface area contributed by atoms with Crippen LogP contribution in [0.2, 0.25) is 0 Å². The van der Waals surface area contributed by atoms with Gasteiger partial charge in [0.25, 0.3) is 0 Å². The van der Waals surface area contributed by atoms with E-state index in [1.165, 1.54) is 25.7 Å². The Kier molecular flexibility index (Phi) is 4.69. The van der Waals surface area contributed by atoms with Crippen molar-refractivity contribution in [3.8, 4) is 0 Å². The van der Waals surface area contributed by atoms with Crippen LogP contribution in [0.3, 0.4) is 0 Å². The molecule has 3 heteroatoms. The predicted octanol–water partition coefficient (Wildman–Crippen LogP) is 4.32. The van der Waals surface area contributed by atoms with E-state index >= 15 is 0 Å². The van der Waals surface area contributed by atoms with Gasteiger partial charge >= 0.3 is 5.97 Å². The average Bonchev–Trinajstić information content (AvgIpc) is 2.41. The number of hydrogen-bond acceptors (Lipinski definition) is 2. The van der Waals surface area contributed by atoms with Crippen molar-refractivity contribution in [2.45, 2.75) is 52.5 Å². The van der Waals surface area contributed by atoms with Crippen LogP contribution in [0.5, 0.6) is 0 Å². The molecule has 1 aromatic rings. The van der Waals surface area contributed by atoms with Gasteiger partial charge in [-0.15, -0.1) is 0 Å². The van der Waals surface area contributed by atoms with Gasteiger partial charge in [-0.25, -0.2) is 4.79 Å². The van der Waals surface area contributed by atoms with Crippen LogP contribution >= 0.6 is 0 Å². The number of benzene rings is 1. The largest absolute Gasteiger partial charge is 0.478 e. The van der Waals surface area contributed by atoms with Gasteiger partial charge in [0, 0.05) is 11.7 Å². The van der Waals surface area contributed by atoms with E-state index in [2.05, 4.69) is 19.2 Å². The molecule has 1 aliphatic rings.